The van der Waals surface area contributed by atoms with Gasteiger partial charge in [0.1, 0.15) is 0 Å². The Morgan fingerprint density at radius 2 is 2.33 bits per heavy atom. The molecular formula is C11H13NO3. The number of hydrogen-bond acceptors (Lipinski definition) is 3. The third-order valence-corrected chi connectivity index (χ3v) is 1.74. The Bertz CT molecular complexity index is 406. The standard InChI is InChI=1S/C11H13NO3/c1-2-15-11(14)7-5-9-12-8-4-3-6-10(12)13/h3-8H,2,9H2,1H3/b7-5+. The molecule has 0 aliphatic carbocycles. The number of nitrogens with zero attached hydrogens (tertiary/aromatic N) is 1. The minimum atomic E-state index is -0.388. The highest BCUT2D eigenvalue weighted by Crippen LogP contribution is 1.86. The van der Waals surface area contributed by atoms with E-state index >= 15 is 0 Å². The van der Waals surface area contributed by atoms with Crippen LogP contribution in [0.5, 0.6) is 0 Å². The smallest absolute Gasteiger partial charge is 0.330 e. The van der Waals surface area contributed by atoms with Crippen LogP contribution in [0, 0.1) is 0 Å². The molecular weight excluding hydrogens is 194 g/mol. The van der Waals surface area contributed by atoms with Crippen LogP contribution in [0.3, 0.4) is 0 Å². The molecule has 15 heavy (non-hydrogen) atoms. The molecule has 1 aromatic rings. The first-order valence-electron chi connectivity index (χ1n) is 4.73. The van der Waals surface area contributed by atoms with Gasteiger partial charge >= 0.3 is 5.97 Å². The van der Waals surface area contributed by atoms with Gasteiger partial charge in [0.25, 0.3) is 5.56 Å². The molecule has 0 amide bonds. The SMILES string of the molecule is CCOC(=O)/C=C/Cn1ccccc1=O. The highest BCUT2D eigenvalue weighted by atomic mass is 16.5. The van der Waals surface area contributed by atoms with E-state index < -0.39 is 0 Å². The van der Waals surface area contributed by atoms with Crippen LogP contribution in [-0.4, -0.2) is 17.1 Å². The molecule has 0 aliphatic rings. The second kappa shape index (κ2) is 5.80. The molecule has 0 radical (unpaired) electrons. The summed E-state index contributed by atoms with van der Waals surface area (Å²) in [5.74, 6) is -0.388. The summed E-state index contributed by atoms with van der Waals surface area (Å²) < 4.78 is 6.19. The van der Waals surface area contributed by atoms with Gasteiger partial charge in [-0.15, -0.1) is 0 Å². The number of ether oxygens (including phenoxy) is 1. The fourth-order valence-electron chi connectivity index (χ4n) is 1.06. The summed E-state index contributed by atoms with van der Waals surface area (Å²) in [7, 11) is 0. The maximum Gasteiger partial charge on any atom is 0.330 e. The number of carbonyl (C=O) groups excluding carboxylic acids is 1. The molecule has 0 aliphatic heterocycles. The van der Waals surface area contributed by atoms with Crippen molar-refractivity contribution in [2.45, 2.75) is 13.5 Å². The normalized spacial score (nSPS) is 10.5. The van der Waals surface area contributed by atoms with Gasteiger partial charge < -0.3 is 9.30 Å². The molecule has 0 N–H and O–H groups in total. The van der Waals surface area contributed by atoms with Gasteiger partial charge in [-0.05, 0) is 13.0 Å². The monoisotopic (exact) mass is 207 g/mol. The molecule has 4 heteroatoms. The molecule has 0 saturated carbocycles. The topological polar surface area (TPSA) is 48.3 Å². The molecule has 0 fully saturated rings. The van der Waals surface area contributed by atoms with Crippen LogP contribution < -0.4 is 5.56 Å². The Morgan fingerprint density at radius 3 is 3.00 bits per heavy atom. The average Bonchev–Trinajstić information content (AvgIpc) is 2.21. The summed E-state index contributed by atoms with van der Waals surface area (Å²) in [6, 6.07) is 4.91. The average molecular weight is 207 g/mol. The van der Waals surface area contributed by atoms with Crippen LogP contribution in [0.15, 0.2) is 41.3 Å². The maximum absolute atomic E-state index is 11.2. The van der Waals surface area contributed by atoms with Crippen LogP contribution in [0.4, 0.5) is 0 Å². The van der Waals surface area contributed by atoms with Gasteiger partial charge in [0.05, 0.1) is 6.61 Å². The molecule has 80 valence electrons. The number of carbonyl (C=O) groups is 1. The van der Waals surface area contributed by atoms with E-state index in [1.807, 2.05) is 0 Å². The van der Waals surface area contributed by atoms with E-state index in [2.05, 4.69) is 0 Å². The van der Waals surface area contributed by atoms with Crippen molar-refractivity contribution >= 4 is 5.97 Å². The number of rotatable bonds is 4. The first-order valence-corrected chi connectivity index (χ1v) is 4.73. The molecule has 0 unspecified atom stereocenters. The lowest BCUT2D eigenvalue weighted by atomic mass is 10.4. The van der Waals surface area contributed by atoms with Gasteiger partial charge in [-0.3, -0.25) is 4.79 Å². The van der Waals surface area contributed by atoms with Crippen molar-refractivity contribution in [1.82, 2.24) is 4.57 Å². The first-order chi connectivity index (χ1) is 7.24. The first kappa shape index (κ1) is 11.2. The van der Waals surface area contributed by atoms with E-state index in [4.69, 9.17) is 4.74 Å². The summed E-state index contributed by atoms with van der Waals surface area (Å²) >= 11 is 0. The van der Waals surface area contributed by atoms with Crippen LogP contribution in [0.2, 0.25) is 0 Å². The number of allylic oxidation sites excluding steroid dienone is 1. The summed E-state index contributed by atoms with van der Waals surface area (Å²) in [5, 5.41) is 0. The largest absolute Gasteiger partial charge is 0.463 e. The van der Waals surface area contributed by atoms with Crippen LogP contribution in [-0.2, 0) is 16.1 Å². The zero-order valence-electron chi connectivity index (χ0n) is 8.55. The maximum atomic E-state index is 11.2. The highest BCUT2D eigenvalue weighted by molar-refractivity contribution is 5.81. The highest BCUT2D eigenvalue weighted by Gasteiger charge is 1.93. The second-order valence-corrected chi connectivity index (χ2v) is 2.85. The van der Waals surface area contributed by atoms with Crippen LogP contribution in [0.1, 0.15) is 6.92 Å². The fraction of sp³-hybridized carbons (Fsp3) is 0.273. The molecule has 1 rings (SSSR count). The molecule has 1 heterocycles. The quantitative estimate of drug-likeness (QED) is 0.546. The molecule has 0 aromatic carbocycles. The Balaban J connectivity index is 2.54. The Labute approximate surface area is 87.8 Å². The van der Waals surface area contributed by atoms with Crippen LogP contribution >= 0.6 is 0 Å². The Kier molecular flexibility index (Phi) is 4.34. The summed E-state index contributed by atoms with van der Waals surface area (Å²) in [6.07, 6.45) is 4.58. The predicted molar refractivity (Wildman–Crippen MR) is 56.5 cm³/mol. The van der Waals surface area contributed by atoms with Gasteiger partial charge in [0.2, 0.25) is 0 Å². The summed E-state index contributed by atoms with van der Waals surface area (Å²) in [5.41, 5.74) is -0.0917. The Hall–Kier alpha value is -1.84. The van der Waals surface area contributed by atoms with E-state index in [-0.39, 0.29) is 11.5 Å². The third kappa shape index (κ3) is 3.81. The third-order valence-electron chi connectivity index (χ3n) is 1.74. The fourth-order valence-corrected chi connectivity index (χ4v) is 1.06. The van der Waals surface area contributed by atoms with Crippen molar-refractivity contribution in [1.29, 1.82) is 0 Å². The van der Waals surface area contributed by atoms with Crippen molar-refractivity contribution in [2.75, 3.05) is 6.61 Å². The zero-order chi connectivity index (χ0) is 11.1. The summed E-state index contributed by atoms with van der Waals surface area (Å²) in [6.45, 7) is 2.47. The predicted octanol–water partition coefficient (Wildman–Crippen LogP) is 0.968. The van der Waals surface area contributed by atoms with E-state index in [1.165, 1.54) is 16.7 Å². The number of esters is 1. The zero-order valence-corrected chi connectivity index (χ0v) is 8.55. The molecule has 1 aromatic heterocycles. The summed E-state index contributed by atoms with van der Waals surface area (Å²) in [4.78, 5) is 22.2. The molecule has 0 atom stereocenters. The molecule has 0 bridgehead atoms. The number of pyridine rings is 1. The van der Waals surface area contributed by atoms with E-state index in [1.54, 1.807) is 31.3 Å². The van der Waals surface area contributed by atoms with E-state index in [0.29, 0.717) is 13.2 Å². The van der Waals surface area contributed by atoms with Crippen LogP contribution in [0.25, 0.3) is 0 Å². The van der Waals surface area contributed by atoms with Crippen molar-refractivity contribution in [3.63, 3.8) is 0 Å². The minimum absolute atomic E-state index is 0.0917. The van der Waals surface area contributed by atoms with Crippen molar-refractivity contribution in [3.05, 3.63) is 46.9 Å². The van der Waals surface area contributed by atoms with Gasteiger partial charge in [0, 0.05) is 24.9 Å². The lowest BCUT2D eigenvalue weighted by molar-refractivity contribution is -0.137. The van der Waals surface area contributed by atoms with Gasteiger partial charge in [-0.2, -0.15) is 0 Å². The van der Waals surface area contributed by atoms with Crippen molar-refractivity contribution < 1.29 is 9.53 Å². The molecule has 0 spiro atoms. The second-order valence-electron chi connectivity index (χ2n) is 2.85. The van der Waals surface area contributed by atoms with Crippen molar-refractivity contribution in [2.24, 2.45) is 0 Å². The lowest BCUT2D eigenvalue weighted by Gasteiger charge is -1.99. The van der Waals surface area contributed by atoms with Gasteiger partial charge in [-0.25, -0.2) is 4.79 Å². The van der Waals surface area contributed by atoms with Gasteiger partial charge in [0.15, 0.2) is 0 Å². The van der Waals surface area contributed by atoms with E-state index in [0.717, 1.165) is 0 Å². The Morgan fingerprint density at radius 1 is 1.53 bits per heavy atom. The van der Waals surface area contributed by atoms with Gasteiger partial charge in [-0.1, -0.05) is 12.1 Å². The number of hydrogen-bond donors (Lipinski definition) is 0. The number of aromatic nitrogens is 1. The van der Waals surface area contributed by atoms with E-state index in [9.17, 15) is 9.59 Å². The molecule has 0 saturated heterocycles. The molecule has 4 nitrogen and oxygen atoms in total. The van der Waals surface area contributed by atoms with Crippen molar-refractivity contribution in [3.8, 4) is 0 Å². The minimum Gasteiger partial charge on any atom is -0.463 e. The lowest BCUT2D eigenvalue weighted by Crippen LogP contribution is -2.16.